The summed E-state index contributed by atoms with van der Waals surface area (Å²) in [5, 5.41) is 3.47. The van der Waals surface area contributed by atoms with Crippen molar-refractivity contribution in [1.82, 2.24) is 15.0 Å². The van der Waals surface area contributed by atoms with E-state index in [-0.39, 0.29) is 6.61 Å². The molecule has 0 aliphatic heterocycles. The summed E-state index contributed by atoms with van der Waals surface area (Å²) >= 11 is 11.5. The Bertz CT molecular complexity index is 941. The molecule has 8 heteroatoms. The number of aromatic nitrogens is 3. The van der Waals surface area contributed by atoms with Crippen LogP contribution in [0, 0.1) is 6.92 Å². The number of carbonyl (C=O) groups is 1. The van der Waals surface area contributed by atoms with Crippen molar-refractivity contribution in [2.24, 2.45) is 0 Å². The number of aryl methyl sites for hydroxylation is 1. The van der Waals surface area contributed by atoms with Gasteiger partial charge in [0.15, 0.2) is 5.82 Å². The van der Waals surface area contributed by atoms with E-state index >= 15 is 0 Å². The van der Waals surface area contributed by atoms with Crippen LogP contribution in [0.1, 0.15) is 26.3 Å². The van der Waals surface area contributed by atoms with Crippen LogP contribution in [0.4, 0.5) is 10.6 Å². The molecular formula is C20H22Cl2N4O2. The molecule has 3 aromatic rings. The number of nitrogens with zero attached hydrogens (tertiary/aromatic N) is 3. The molecule has 1 N–H and O–H groups in total. The standard InChI is InChI=1S/C18H16Cl2N4O2.C2H6/c1-11-3-4-12-8-22-16(23-14(12)7-11)13-5-6-15(21-9-13)24-17(25)26-10-18(2,19)20;1-2/h3-9H,10H2,1-2H3,(H,21,24,25);1-2H3. The first kappa shape index (κ1) is 21.9. The molecule has 0 spiro atoms. The molecule has 28 heavy (non-hydrogen) atoms. The van der Waals surface area contributed by atoms with Crippen LogP contribution < -0.4 is 5.32 Å². The van der Waals surface area contributed by atoms with Crippen molar-refractivity contribution in [2.75, 3.05) is 11.9 Å². The number of amides is 1. The Morgan fingerprint density at radius 1 is 1.14 bits per heavy atom. The summed E-state index contributed by atoms with van der Waals surface area (Å²) in [7, 11) is 0. The van der Waals surface area contributed by atoms with E-state index in [1.807, 2.05) is 39.0 Å². The monoisotopic (exact) mass is 420 g/mol. The fourth-order valence-corrected chi connectivity index (χ4v) is 2.31. The molecule has 2 aromatic heterocycles. The lowest BCUT2D eigenvalue weighted by Gasteiger charge is -2.13. The largest absolute Gasteiger partial charge is 0.446 e. The first-order valence-corrected chi connectivity index (χ1v) is 9.57. The van der Waals surface area contributed by atoms with Gasteiger partial charge in [0.2, 0.25) is 0 Å². The number of benzene rings is 1. The summed E-state index contributed by atoms with van der Waals surface area (Å²) in [4.78, 5) is 24.8. The highest BCUT2D eigenvalue weighted by molar-refractivity contribution is 6.48. The minimum Gasteiger partial charge on any atom is -0.446 e. The van der Waals surface area contributed by atoms with E-state index < -0.39 is 10.4 Å². The quantitative estimate of drug-likeness (QED) is 0.542. The van der Waals surface area contributed by atoms with Gasteiger partial charge < -0.3 is 4.74 Å². The van der Waals surface area contributed by atoms with Crippen LogP contribution in [0.3, 0.4) is 0 Å². The summed E-state index contributed by atoms with van der Waals surface area (Å²) in [6, 6.07) is 9.41. The molecule has 0 saturated heterocycles. The zero-order valence-corrected chi connectivity index (χ0v) is 17.7. The van der Waals surface area contributed by atoms with Crippen LogP contribution in [0.5, 0.6) is 0 Å². The van der Waals surface area contributed by atoms with Gasteiger partial charge in [-0.1, -0.05) is 49.2 Å². The highest BCUT2D eigenvalue weighted by Gasteiger charge is 2.19. The molecule has 0 saturated carbocycles. The molecule has 6 nitrogen and oxygen atoms in total. The van der Waals surface area contributed by atoms with Gasteiger partial charge in [-0.25, -0.2) is 19.7 Å². The molecule has 0 unspecified atom stereocenters. The Morgan fingerprint density at radius 3 is 2.54 bits per heavy atom. The zero-order valence-electron chi connectivity index (χ0n) is 16.2. The van der Waals surface area contributed by atoms with Gasteiger partial charge in [-0.15, -0.1) is 0 Å². The maximum absolute atomic E-state index is 11.7. The number of halogens is 2. The molecule has 3 rings (SSSR count). The van der Waals surface area contributed by atoms with E-state index in [1.54, 1.807) is 24.5 Å². The highest BCUT2D eigenvalue weighted by Crippen LogP contribution is 2.21. The molecular weight excluding hydrogens is 399 g/mol. The van der Waals surface area contributed by atoms with Gasteiger partial charge >= 0.3 is 6.09 Å². The van der Waals surface area contributed by atoms with E-state index in [0.717, 1.165) is 22.0 Å². The van der Waals surface area contributed by atoms with Crippen molar-refractivity contribution in [2.45, 2.75) is 32.0 Å². The maximum atomic E-state index is 11.7. The Kier molecular flexibility index (Phi) is 7.54. The van der Waals surface area contributed by atoms with Crippen LogP contribution in [-0.2, 0) is 4.74 Å². The Balaban J connectivity index is 0.00000136. The summed E-state index contributed by atoms with van der Waals surface area (Å²) in [6.45, 7) is 7.41. The third-order valence-electron chi connectivity index (χ3n) is 3.45. The van der Waals surface area contributed by atoms with Crippen molar-refractivity contribution in [3.63, 3.8) is 0 Å². The summed E-state index contributed by atoms with van der Waals surface area (Å²) in [5.74, 6) is 0.894. The van der Waals surface area contributed by atoms with Crippen LogP contribution in [-0.4, -0.2) is 32.0 Å². The van der Waals surface area contributed by atoms with Crippen LogP contribution in [0.2, 0.25) is 0 Å². The van der Waals surface area contributed by atoms with Crippen LogP contribution in [0.15, 0.2) is 42.7 Å². The first-order chi connectivity index (χ1) is 13.3. The second-order valence-corrected chi connectivity index (χ2v) is 7.82. The fraction of sp³-hybridized carbons (Fsp3) is 0.300. The van der Waals surface area contributed by atoms with Gasteiger partial charge in [-0.2, -0.15) is 0 Å². The third-order valence-corrected chi connectivity index (χ3v) is 3.66. The number of nitrogens with one attached hydrogen (secondary N) is 1. The van der Waals surface area contributed by atoms with Gasteiger partial charge in [-0.05, 0) is 37.6 Å². The van der Waals surface area contributed by atoms with E-state index in [0.29, 0.717) is 11.6 Å². The Hall–Kier alpha value is -2.44. The van der Waals surface area contributed by atoms with Gasteiger partial charge in [0, 0.05) is 23.3 Å². The maximum Gasteiger partial charge on any atom is 0.412 e. The van der Waals surface area contributed by atoms with Crippen molar-refractivity contribution in [3.8, 4) is 11.4 Å². The second-order valence-electron chi connectivity index (χ2n) is 5.96. The zero-order chi connectivity index (χ0) is 20.7. The van der Waals surface area contributed by atoms with E-state index in [1.165, 1.54) is 6.92 Å². The number of carbonyl (C=O) groups excluding carboxylic acids is 1. The molecule has 148 valence electrons. The number of pyridine rings is 1. The molecule has 0 aliphatic carbocycles. The lowest BCUT2D eigenvalue weighted by molar-refractivity contribution is 0.159. The van der Waals surface area contributed by atoms with Crippen molar-refractivity contribution < 1.29 is 9.53 Å². The van der Waals surface area contributed by atoms with Crippen molar-refractivity contribution >= 4 is 46.0 Å². The average Bonchev–Trinajstić information content (AvgIpc) is 2.67. The van der Waals surface area contributed by atoms with Crippen molar-refractivity contribution in [1.29, 1.82) is 0 Å². The number of alkyl halides is 2. The van der Waals surface area contributed by atoms with E-state index in [2.05, 4.69) is 20.3 Å². The lowest BCUT2D eigenvalue weighted by Crippen LogP contribution is -2.23. The Morgan fingerprint density at radius 2 is 1.89 bits per heavy atom. The molecule has 1 amide bonds. The molecule has 1 aromatic carbocycles. The summed E-state index contributed by atoms with van der Waals surface area (Å²) in [6.07, 6.45) is 2.67. The first-order valence-electron chi connectivity index (χ1n) is 8.82. The molecule has 0 fully saturated rings. The third kappa shape index (κ3) is 6.32. The molecule has 0 bridgehead atoms. The number of anilines is 1. The summed E-state index contributed by atoms with van der Waals surface area (Å²) in [5.41, 5.74) is 2.73. The number of hydrogen-bond acceptors (Lipinski definition) is 5. The van der Waals surface area contributed by atoms with Gasteiger partial charge in [0.1, 0.15) is 16.8 Å². The predicted octanol–water partition coefficient (Wildman–Crippen LogP) is 5.77. The lowest BCUT2D eigenvalue weighted by atomic mass is 10.1. The minimum atomic E-state index is -1.14. The minimum absolute atomic E-state index is 0.135. The molecule has 0 atom stereocenters. The molecule has 2 heterocycles. The van der Waals surface area contributed by atoms with E-state index in [4.69, 9.17) is 27.9 Å². The van der Waals surface area contributed by atoms with Crippen LogP contribution in [0.25, 0.3) is 22.3 Å². The molecule has 0 radical (unpaired) electrons. The topological polar surface area (TPSA) is 77.0 Å². The van der Waals surface area contributed by atoms with Crippen LogP contribution >= 0.6 is 23.2 Å². The van der Waals surface area contributed by atoms with Gasteiger partial charge in [0.05, 0.1) is 5.52 Å². The number of rotatable bonds is 4. The SMILES string of the molecule is CC.Cc1ccc2cnc(-c3ccc(NC(=O)OCC(C)(Cl)Cl)nc3)nc2c1. The Labute approximate surface area is 174 Å². The average molecular weight is 421 g/mol. The molecule has 0 aliphatic rings. The second kappa shape index (κ2) is 9.66. The van der Waals surface area contributed by atoms with E-state index in [9.17, 15) is 4.79 Å². The van der Waals surface area contributed by atoms with Gasteiger partial charge in [-0.3, -0.25) is 5.32 Å². The number of hydrogen-bond donors (Lipinski definition) is 1. The number of fused-ring (bicyclic) bond motifs is 1. The predicted molar refractivity (Wildman–Crippen MR) is 114 cm³/mol. The smallest absolute Gasteiger partial charge is 0.412 e. The van der Waals surface area contributed by atoms with Crippen molar-refractivity contribution in [3.05, 3.63) is 48.3 Å². The van der Waals surface area contributed by atoms with Gasteiger partial charge in [0.25, 0.3) is 0 Å². The summed E-state index contributed by atoms with van der Waals surface area (Å²) < 4.78 is 3.77. The fourth-order valence-electron chi connectivity index (χ4n) is 2.21. The number of ether oxygens (including phenoxy) is 1. The normalized spacial score (nSPS) is 10.8. The highest BCUT2D eigenvalue weighted by atomic mass is 35.5.